The highest BCUT2D eigenvalue weighted by Crippen LogP contribution is 2.44. The van der Waals surface area contributed by atoms with Gasteiger partial charge in [0.1, 0.15) is 12.6 Å². The molecule has 0 saturated carbocycles. The average molecular weight is 470 g/mol. The molecule has 1 N–H and O–H groups in total. The third kappa shape index (κ3) is 4.31. The number of aliphatic carboxylic acids is 1. The molecule has 3 aromatic rings. The molecule has 0 spiro atoms. The number of likely N-dealkylation sites (N-methyl/N-ethyl adjacent to an activating group) is 1. The van der Waals surface area contributed by atoms with Gasteiger partial charge in [-0.25, -0.2) is 9.59 Å². The SMILES string of the molecule is CN(C(=O)OCC1c2ccccc2-c2ccccc21)[C@@H](Cc1ccc(Cl)cc1Cl)C(=O)O. The molecule has 1 atom stereocenters. The lowest BCUT2D eigenvalue weighted by Crippen LogP contribution is -2.44. The van der Waals surface area contributed by atoms with Crippen molar-refractivity contribution in [1.29, 1.82) is 0 Å². The van der Waals surface area contributed by atoms with Gasteiger partial charge in [0.2, 0.25) is 0 Å². The van der Waals surface area contributed by atoms with E-state index in [9.17, 15) is 14.7 Å². The summed E-state index contributed by atoms with van der Waals surface area (Å²) in [6, 6.07) is 19.8. The fourth-order valence-electron chi connectivity index (χ4n) is 4.11. The maximum Gasteiger partial charge on any atom is 0.410 e. The molecule has 0 radical (unpaired) electrons. The van der Waals surface area contributed by atoms with Crippen LogP contribution in [-0.4, -0.2) is 41.8 Å². The summed E-state index contributed by atoms with van der Waals surface area (Å²) in [4.78, 5) is 25.8. The first-order valence-corrected chi connectivity index (χ1v) is 10.9. The fraction of sp³-hybridized carbons (Fsp3) is 0.200. The molecule has 5 nitrogen and oxygen atoms in total. The van der Waals surface area contributed by atoms with Crippen molar-refractivity contribution in [3.8, 4) is 11.1 Å². The van der Waals surface area contributed by atoms with E-state index in [0.29, 0.717) is 15.6 Å². The fourth-order valence-corrected chi connectivity index (χ4v) is 4.59. The second-order valence-corrected chi connectivity index (χ2v) is 8.55. The van der Waals surface area contributed by atoms with E-state index >= 15 is 0 Å². The molecule has 164 valence electrons. The highest BCUT2D eigenvalue weighted by atomic mass is 35.5. The Kier molecular flexibility index (Phi) is 6.40. The summed E-state index contributed by atoms with van der Waals surface area (Å²) in [5.41, 5.74) is 5.01. The third-order valence-electron chi connectivity index (χ3n) is 5.80. The Labute approximate surface area is 196 Å². The smallest absolute Gasteiger partial charge is 0.410 e. The van der Waals surface area contributed by atoms with Crippen LogP contribution in [0, 0.1) is 0 Å². The first-order valence-electron chi connectivity index (χ1n) is 10.1. The average Bonchev–Trinajstić information content (AvgIpc) is 3.10. The Bertz CT molecular complexity index is 1130. The molecule has 32 heavy (non-hydrogen) atoms. The molecule has 7 heteroatoms. The molecule has 0 heterocycles. The summed E-state index contributed by atoms with van der Waals surface area (Å²) < 4.78 is 5.59. The van der Waals surface area contributed by atoms with Gasteiger partial charge in [0.25, 0.3) is 0 Å². The lowest BCUT2D eigenvalue weighted by Gasteiger charge is -2.25. The minimum atomic E-state index is -1.15. The number of carbonyl (C=O) groups excluding carboxylic acids is 1. The molecule has 1 aliphatic rings. The molecule has 1 amide bonds. The molecule has 3 aromatic carbocycles. The lowest BCUT2D eigenvalue weighted by molar-refractivity contribution is -0.142. The van der Waals surface area contributed by atoms with Crippen molar-refractivity contribution in [2.45, 2.75) is 18.4 Å². The van der Waals surface area contributed by atoms with Gasteiger partial charge in [0.05, 0.1) is 0 Å². The normalized spacial score (nSPS) is 13.2. The quantitative estimate of drug-likeness (QED) is 0.490. The molecule has 0 saturated heterocycles. The summed E-state index contributed by atoms with van der Waals surface area (Å²) in [6.45, 7) is 0.116. The van der Waals surface area contributed by atoms with E-state index in [1.54, 1.807) is 18.2 Å². The van der Waals surface area contributed by atoms with Crippen molar-refractivity contribution < 1.29 is 19.4 Å². The number of rotatable bonds is 6. The van der Waals surface area contributed by atoms with Gasteiger partial charge in [-0.1, -0.05) is 77.8 Å². The number of hydrogen-bond donors (Lipinski definition) is 1. The maximum absolute atomic E-state index is 12.8. The first kappa shape index (κ1) is 22.2. The van der Waals surface area contributed by atoms with Crippen LogP contribution in [0.2, 0.25) is 10.0 Å². The van der Waals surface area contributed by atoms with Gasteiger partial charge in [-0.2, -0.15) is 0 Å². The summed E-state index contributed by atoms with van der Waals surface area (Å²) in [6.07, 6.45) is -0.671. The van der Waals surface area contributed by atoms with Gasteiger partial charge in [-0.3, -0.25) is 4.90 Å². The Morgan fingerprint density at radius 3 is 2.16 bits per heavy atom. The topological polar surface area (TPSA) is 66.8 Å². The van der Waals surface area contributed by atoms with Gasteiger partial charge in [0, 0.05) is 29.4 Å². The van der Waals surface area contributed by atoms with Crippen LogP contribution in [0.4, 0.5) is 4.79 Å². The summed E-state index contributed by atoms with van der Waals surface area (Å²) in [5, 5.41) is 10.5. The number of amides is 1. The number of benzene rings is 3. The van der Waals surface area contributed by atoms with E-state index in [1.807, 2.05) is 36.4 Å². The third-order valence-corrected chi connectivity index (χ3v) is 6.39. The molecular formula is C25H21Cl2NO4. The molecule has 4 rings (SSSR count). The van der Waals surface area contributed by atoms with E-state index in [0.717, 1.165) is 27.2 Å². The Balaban J connectivity index is 1.49. The van der Waals surface area contributed by atoms with Crippen LogP contribution in [0.1, 0.15) is 22.6 Å². The van der Waals surface area contributed by atoms with Crippen LogP contribution < -0.4 is 0 Å². The predicted molar refractivity (Wildman–Crippen MR) is 124 cm³/mol. The van der Waals surface area contributed by atoms with Gasteiger partial charge in [-0.15, -0.1) is 0 Å². The van der Waals surface area contributed by atoms with E-state index in [1.165, 1.54) is 7.05 Å². The first-order chi connectivity index (χ1) is 15.4. The number of nitrogens with zero attached hydrogens (tertiary/aromatic N) is 1. The highest BCUT2D eigenvalue weighted by molar-refractivity contribution is 6.35. The summed E-state index contributed by atoms with van der Waals surface area (Å²) in [7, 11) is 1.42. The Hall–Kier alpha value is -3.02. The number of halogens is 2. The number of fused-ring (bicyclic) bond motifs is 3. The number of carbonyl (C=O) groups is 2. The van der Waals surface area contributed by atoms with Crippen LogP contribution in [0.25, 0.3) is 11.1 Å². The van der Waals surface area contributed by atoms with Crippen molar-refractivity contribution in [2.75, 3.05) is 13.7 Å². The molecule has 0 unspecified atom stereocenters. The minimum Gasteiger partial charge on any atom is -0.480 e. The minimum absolute atomic E-state index is 0.0338. The monoisotopic (exact) mass is 469 g/mol. The molecule has 0 aliphatic heterocycles. The molecule has 0 fully saturated rings. The van der Waals surface area contributed by atoms with E-state index < -0.39 is 18.1 Å². The van der Waals surface area contributed by atoms with Crippen LogP contribution in [0.15, 0.2) is 66.7 Å². The zero-order valence-electron chi connectivity index (χ0n) is 17.3. The van der Waals surface area contributed by atoms with Crippen LogP contribution in [-0.2, 0) is 16.0 Å². The highest BCUT2D eigenvalue weighted by Gasteiger charge is 2.32. The number of hydrogen-bond acceptors (Lipinski definition) is 3. The maximum atomic E-state index is 12.8. The summed E-state index contributed by atoms with van der Waals surface area (Å²) in [5.74, 6) is -1.25. The molecule has 1 aliphatic carbocycles. The molecular weight excluding hydrogens is 449 g/mol. The van der Waals surface area contributed by atoms with Crippen molar-refractivity contribution in [3.63, 3.8) is 0 Å². The van der Waals surface area contributed by atoms with Gasteiger partial charge >= 0.3 is 12.1 Å². The second-order valence-electron chi connectivity index (χ2n) is 7.71. The number of carboxylic acids is 1. The summed E-state index contributed by atoms with van der Waals surface area (Å²) >= 11 is 12.1. The largest absolute Gasteiger partial charge is 0.480 e. The molecule has 0 bridgehead atoms. The zero-order valence-corrected chi connectivity index (χ0v) is 18.8. The Morgan fingerprint density at radius 2 is 1.59 bits per heavy atom. The zero-order chi connectivity index (χ0) is 22.8. The lowest BCUT2D eigenvalue weighted by atomic mass is 9.98. The van der Waals surface area contributed by atoms with Gasteiger partial charge in [0.15, 0.2) is 0 Å². The van der Waals surface area contributed by atoms with Crippen molar-refractivity contribution in [1.82, 2.24) is 4.90 Å². The standard InChI is InChI=1S/C25H21Cl2NO4/c1-28(23(24(29)30)12-15-10-11-16(26)13-22(15)27)25(31)32-14-21-19-8-4-2-6-17(19)18-7-3-5-9-20(18)21/h2-11,13,21,23H,12,14H2,1H3,(H,29,30)/t23-/m0/s1. The second kappa shape index (κ2) is 9.23. The van der Waals surface area contributed by atoms with Gasteiger partial charge < -0.3 is 9.84 Å². The van der Waals surface area contributed by atoms with E-state index in [4.69, 9.17) is 27.9 Å². The predicted octanol–water partition coefficient (Wildman–Crippen LogP) is 5.87. The van der Waals surface area contributed by atoms with Gasteiger partial charge in [-0.05, 0) is 39.9 Å². The molecule has 0 aromatic heterocycles. The van der Waals surface area contributed by atoms with Crippen LogP contribution in [0.5, 0.6) is 0 Å². The van der Waals surface area contributed by atoms with Crippen molar-refractivity contribution in [3.05, 3.63) is 93.5 Å². The van der Waals surface area contributed by atoms with Crippen molar-refractivity contribution in [2.24, 2.45) is 0 Å². The Morgan fingerprint density at radius 1 is 1.00 bits per heavy atom. The number of carboxylic acid groups (broad SMARTS) is 1. The van der Waals surface area contributed by atoms with E-state index in [-0.39, 0.29) is 18.9 Å². The van der Waals surface area contributed by atoms with E-state index in [2.05, 4.69) is 12.1 Å². The van der Waals surface area contributed by atoms with Crippen LogP contribution >= 0.6 is 23.2 Å². The van der Waals surface area contributed by atoms with Crippen molar-refractivity contribution >= 4 is 35.3 Å². The number of ether oxygens (including phenoxy) is 1. The van der Waals surface area contributed by atoms with Crippen LogP contribution in [0.3, 0.4) is 0 Å².